The number of aryl methyl sites for hydroxylation is 3. The van der Waals surface area contributed by atoms with Crippen LogP contribution in [0.5, 0.6) is 11.5 Å². The third kappa shape index (κ3) is 6.33. The van der Waals surface area contributed by atoms with Crippen molar-refractivity contribution in [2.24, 2.45) is 0 Å². The van der Waals surface area contributed by atoms with Gasteiger partial charge in [-0.3, -0.25) is 0 Å². The summed E-state index contributed by atoms with van der Waals surface area (Å²) in [5.41, 5.74) is 7.75. The van der Waals surface area contributed by atoms with Gasteiger partial charge in [-0.25, -0.2) is 4.98 Å². The Morgan fingerprint density at radius 3 is 2.26 bits per heavy atom. The Hall–Kier alpha value is -6.55. The Kier molecular flexibility index (Phi) is 8.07. The van der Waals surface area contributed by atoms with Crippen molar-refractivity contribution in [1.82, 2.24) is 14.1 Å². The Morgan fingerprint density at radius 1 is 0.726 bits per heavy atom. The molecule has 0 unspecified atom stereocenters. The molecule has 0 saturated carbocycles. The number of anilines is 2. The van der Waals surface area contributed by atoms with E-state index in [1.165, 1.54) is 29.5 Å². The van der Waals surface area contributed by atoms with Gasteiger partial charge in [0.05, 0.1) is 5.48 Å². The molecule has 6 heteroatoms. The molecule has 0 aliphatic carbocycles. The van der Waals surface area contributed by atoms with Crippen LogP contribution in [0.15, 0.2) is 146 Å². The number of pyridine rings is 1. The van der Waals surface area contributed by atoms with E-state index in [9.17, 15) is 0 Å². The minimum absolute atomic E-state index is 0. The van der Waals surface area contributed by atoms with Crippen molar-refractivity contribution in [2.75, 3.05) is 4.90 Å². The normalized spacial score (nSPS) is 14.0. The molecule has 11 rings (SSSR count). The van der Waals surface area contributed by atoms with Crippen LogP contribution in [-0.4, -0.2) is 14.1 Å². The van der Waals surface area contributed by atoms with Crippen LogP contribution in [0, 0.1) is 32.6 Å². The van der Waals surface area contributed by atoms with Gasteiger partial charge in [-0.05, 0) is 99.9 Å². The van der Waals surface area contributed by atoms with Crippen LogP contribution in [0.2, 0.25) is 0 Å². The van der Waals surface area contributed by atoms with Crippen LogP contribution in [0.1, 0.15) is 58.2 Å². The van der Waals surface area contributed by atoms with E-state index in [4.69, 9.17) is 13.0 Å². The molecule has 0 bridgehead atoms. The fraction of sp³-hybridized carbons (Fsp3) is 0.143. The predicted octanol–water partition coefficient (Wildman–Crippen LogP) is 14.7. The van der Waals surface area contributed by atoms with Crippen molar-refractivity contribution >= 4 is 76.5 Å². The molecule has 10 aromatic rings. The summed E-state index contributed by atoms with van der Waals surface area (Å²) < 4.78 is 62.9. The van der Waals surface area contributed by atoms with Gasteiger partial charge in [-0.15, -0.1) is 35.2 Å². The minimum atomic E-state index is -1.70. The number of hydrogen-bond donors (Lipinski definition) is 0. The zero-order valence-electron chi connectivity index (χ0n) is 41.1. The van der Waals surface area contributed by atoms with Gasteiger partial charge in [0.15, 0.2) is 0 Å². The summed E-state index contributed by atoms with van der Waals surface area (Å²) in [4.78, 5) is 6.78. The van der Waals surface area contributed by atoms with Crippen LogP contribution >= 0.6 is 0 Å². The quantitative estimate of drug-likeness (QED) is 0.161. The smallest absolute Gasteiger partial charge is 0.135 e. The van der Waals surface area contributed by atoms with E-state index in [1.807, 2.05) is 0 Å². The fourth-order valence-corrected chi connectivity index (χ4v) is 9.05. The monoisotopic (exact) mass is 990 g/mol. The Bertz CT molecular complexity index is 3830. The summed E-state index contributed by atoms with van der Waals surface area (Å²) in [6, 6.07) is 45.3. The second kappa shape index (κ2) is 15.1. The SMILES string of the molecule is [2H]c1c([2H])c([2H])c2c(c1[2H])c1ccc(Oc3[c-]c(N4[CH-]n5c6c(C)cccc6c6cc(C)ccc6c6ccccc6c6cccc4c65)ccc3C(C)(C)C)[c-]c1n2-c1cc(C([2H])([2H])C)ccn1.[Pt]. The molecular weight excluding hydrogens is 940 g/mol. The summed E-state index contributed by atoms with van der Waals surface area (Å²) in [5.74, 6) is 1.11. The third-order valence-electron chi connectivity index (χ3n) is 11.9. The summed E-state index contributed by atoms with van der Waals surface area (Å²) in [6.07, 6.45) is -0.190. The average molecular weight is 991 g/mol. The summed E-state index contributed by atoms with van der Waals surface area (Å²) in [7, 11) is 0. The van der Waals surface area contributed by atoms with Crippen molar-refractivity contribution in [2.45, 2.75) is 53.3 Å². The molecule has 0 radical (unpaired) electrons. The fourth-order valence-electron chi connectivity index (χ4n) is 9.05. The maximum Gasteiger partial charge on any atom is 0.135 e. The Labute approximate surface area is 385 Å². The molecule has 0 fully saturated rings. The maximum absolute atomic E-state index is 9.05. The van der Waals surface area contributed by atoms with Gasteiger partial charge in [-0.2, -0.15) is 12.1 Å². The number of aromatic nitrogens is 3. The van der Waals surface area contributed by atoms with E-state index < -0.39 is 6.37 Å². The van der Waals surface area contributed by atoms with Crippen LogP contribution in [-0.2, 0) is 32.9 Å². The van der Waals surface area contributed by atoms with Gasteiger partial charge in [0.2, 0.25) is 0 Å². The molecule has 3 aromatic heterocycles. The van der Waals surface area contributed by atoms with Gasteiger partial charge in [0.1, 0.15) is 5.82 Å². The van der Waals surface area contributed by atoms with Crippen LogP contribution in [0.3, 0.4) is 0 Å². The third-order valence-corrected chi connectivity index (χ3v) is 11.9. The summed E-state index contributed by atoms with van der Waals surface area (Å²) in [6.45, 7) is 14.3. The second-order valence-corrected chi connectivity index (χ2v) is 16.8. The second-order valence-electron chi connectivity index (χ2n) is 16.8. The van der Waals surface area contributed by atoms with E-state index in [1.54, 1.807) is 28.8 Å². The molecule has 7 aromatic carbocycles. The molecule has 4 heterocycles. The van der Waals surface area contributed by atoms with Crippen LogP contribution < -0.4 is 9.64 Å². The van der Waals surface area contributed by atoms with Crippen molar-refractivity contribution in [1.29, 1.82) is 0 Å². The molecule has 0 N–H and O–H groups in total. The minimum Gasteiger partial charge on any atom is -0.509 e. The average Bonchev–Trinajstić information content (AvgIpc) is 3.86. The van der Waals surface area contributed by atoms with E-state index in [2.05, 4.69) is 159 Å². The predicted molar refractivity (Wildman–Crippen MR) is 254 cm³/mol. The molecule has 5 nitrogen and oxygen atoms in total. The molecule has 1 aliphatic heterocycles. The Balaban J connectivity index is 0.00000539. The summed E-state index contributed by atoms with van der Waals surface area (Å²) >= 11 is 0. The molecule has 0 atom stereocenters. The van der Waals surface area contributed by atoms with Gasteiger partial charge in [-0.1, -0.05) is 152 Å². The van der Waals surface area contributed by atoms with E-state index in [0.717, 1.165) is 55.1 Å². The molecular formula is C56H45N4OPt-3. The maximum atomic E-state index is 9.05. The number of ether oxygens (including phenoxy) is 1. The van der Waals surface area contributed by atoms with Crippen LogP contribution in [0.25, 0.3) is 71.0 Å². The first-order chi connectivity index (χ1) is 32.0. The van der Waals surface area contributed by atoms with Gasteiger partial charge >= 0.3 is 0 Å². The Morgan fingerprint density at radius 2 is 1.45 bits per heavy atom. The standard InChI is InChI=1S/C56H45N4O.Pt/c1-7-37-28-29-57-53(31-37)60-49-20-11-10-17-43(49)44-26-24-39(33-51(44)60)61-52-32-38(23-27-48(52)56(4,5)6)58-34-59-54-36(3)14-12-18-46(54)47-30-35(2)22-25-42(47)40-15-8-9-16-41(40)45-19-13-21-50(58)55(45)59;/h8-31,34H,7H2,1-6H3;/q-3;/i7D2,10D,11D,17D,20D;. The van der Waals surface area contributed by atoms with Crippen molar-refractivity contribution < 1.29 is 34.0 Å². The first kappa shape index (κ1) is 33.1. The largest absolute Gasteiger partial charge is 0.509 e. The van der Waals surface area contributed by atoms with Gasteiger partial charge < -0.3 is 18.8 Å². The van der Waals surface area contributed by atoms with Gasteiger partial charge in [0.25, 0.3) is 0 Å². The number of rotatable bonds is 5. The summed E-state index contributed by atoms with van der Waals surface area (Å²) in [5, 5.41) is 7.73. The molecule has 0 amide bonds. The van der Waals surface area contributed by atoms with Gasteiger partial charge in [0, 0.05) is 52.7 Å². The zero-order valence-corrected chi connectivity index (χ0v) is 37.4. The number of hydrogen-bond acceptors (Lipinski definition) is 3. The number of fused-ring (bicyclic) bond motifs is 10. The zero-order chi connectivity index (χ0) is 46.8. The van der Waals surface area contributed by atoms with E-state index in [0.29, 0.717) is 33.4 Å². The first-order valence-electron chi connectivity index (χ1n) is 23.5. The molecule has 0 spiro atoms. The molecule has 62 heavy (non-hydrogen) atoms. The number of para-hydroxylation sites is 3. The van der Waals surface area contributed by atoms with Crippen molar-refractivity contribution in [3.05, 3.63) is 187 Å². The first-order valence-corrected chi connectivity index (χ1v) is 20.5. The number of nitrogens with zero attached hydrogens (tertiary/aromatic N) is 4. The molecule has 308 valence electrons. The van der Waals surface area contributed by atoms with Crippen molar-refractivity contribution in [3.8, 4) is 17.3 Å². The molecule has 1 aliphatic rings. The topological polar surface area (TPSA) is 35.2 Å². The van der Waals surface area contributed by atoms with Crippen molar-refractivity contribution in [3.63, 3.8) is 0 Å². The number of benzene rings is 7. The van der Waals surface area contributed by atoms with Crippen LogP contribution in [0.4, 0.5) is 11.4 Å². The molecule has 0 saturated heterocycles. The van der Waals surface area contributed by atoms with E-state index in [-0.39, 0.29) is 62.0 Å². The van der Waals surface area contributed by atoms with E-state index >= 15 is 0 Å².